The predicted molar refractivity (Wildman–Crippen MR) is 74.0 cm³/mol. The van der Waals surface area contributed by atoms with Crippen molar-refractivity contribution < 1.29 is 38.6 Å². The first-order valence-electron chi connectivity index (χ1n) is 5.88. The van der Waals surface area contributed by atoms with Crippen LogP contribution in [0.2, 0.25) is 0 Å². The van der Waals surface area contributed by atoms with Gasteiger partial charge in [-0.25, -0.2) is 4.98 Å². The lowest BCUT2D eigenvalue weighted by atomic mass is 9.95. The number of hydrogen-bond acceptors (Lipinski definition) is 5. The average molecular weight is 357 g/mol. The van der Waals surface area contributed by atoms with Gasteiger partial charge in [-0.05, 0) is 6.92 Å². The molecule has 0 spiro atoms. The van der Waals surface area contributed by atoms with Gasteiger partial charge in [0.1, 0.15) is 18.1 Å². The van der Waals surface area contributed by atoms with E-state index in [1.807, 2.05) is 0 Å². The molecule has 0 saturated carbocycles. The van der Waals surface area contributed by atoms with Gasteiger partial charge in [-0.1, -0.05) is 0 Å². The van der Waals surface area contributed by atoms with E-state index >= 15 is 0 Å². The molecule has 0 aliphatic rings. The predicted octanol–water partition coefficient (Wildman–Crippen LogP) is -0.632. The fraction of sp³-hybridized carbons (Fsp3) is 0.556. The second-order valence-corrected chi connectivity index (χ2v) is 8.21. The highest BCUT2D eigenvalue weighted by Crippen LogP contribution is 2.44. The number of imidazole rings is 1. The lowest BCUT2D eigenvalue weighted by Crippen LogP contribution is -2.54. The van der Waals surface area contributed by atoms with Crippen LogP contribution in [-0.4, -0.2) is 63.6 Å². The molecule has 1 aromatic heterocycles. The number of carboxylic acids is 1. The summed E-state index contributed by atoms with van der Waals surface area (Å²) >= 11 is 0. The van der Waals surface area contributed by atoms with Crippen molar-refractivity contribution in [3.8, 4) is 0 Å². The molecule has 11 nitrogen and oxygen atoms in total. The first-order chi connectivity index (χ1) is 9.83. The van der Waals surface area contributed by atoms with Gasteiger partial charge in [0.25, 0.3) is 0 Å². The smallest absolute Gasteiger partial charge is 0.339 e. The first-order valence-corrected chi connectivity index (χ1v) is 9.48. The Morgan fingerprint density at radius 1 is 1.27 bits per heavy atom. The molecule has 0 aromatic carbocycles. The molecule has 0 fully saturated rings. The molecule has 0 aliphatic heterocycles. The number of carboxylic acid groups (broad SMARTS) is 1. The van der Waals surface area contributed by atoms with Crippen LogP contribution < -0.4 is 0 Å². The molecule has 1 rings (SSSR count). The number of H-pyrrole nitrogens is 1. The molecule has 0 amide bonds. The molecule has 0 unspecified atom stereocenters. The van der Waals surface area contributed by atoms with E-state index in [1.165, 1.54) is 12.5 Å². The Balaban J connectivity index is 3.21. The Hall–Kier alpha value is -1.06. The number of nitrogens with zero attached hydrogens (tertiary/aromatic N) is 2. The molecule has 6 N–H and O–H groups in total. The Labute approximate surface area is 125 Å². The zero-order chi connectivity index (χ0) is 17.2. The van der Waals surface area contributed by atoms with Crippen LogP contribution in [-0.2, 0) is 20.3 Å². The van der Waals surface area contributed by atoms with E-state index in [1.54, 1.807) is 0 Å². The van der Waals surface area contributed by atoms with Gasteiger partial charge < -0.3 is 29.7 Å². The van der Waals surface area contributed by atoms with Crippen LogP contribution in [0.5, 0.6) is 0 Å². The van der Waals surface area contributed by atoms with Crippen molar-refractivity contribution in [3.63, 3.8) is 0 Å². The summed E-state index contributed by atoms with van der Waals surface area (Å²) in [6, 6.07) is 0. The highest BCUT2D eigenvalue weighted by Gasteiger charge is 2.45. The van der Waals surface area contributed by atoms with Crippen molar-refractivity contribution >= 4 is 21.2 Å². The van der Waals surface area contributed by atoms with E-state index in [-0.39, 0.29) is 6.42 Å². The average Bonchev–Trinajstić information content (AvgIpc) is 2.76. The largest absolute Gasteiger partial charge is 0.480 e. The number of nitrogens with one attached hydrogen (secondary N) is 1. The summed E-state index contributed by atoms with van der Waals surface area (Å²) in [6.07, 6.45) is 0.120. The summed E-state index contributed by atoms with van der Waals surface area (Å²) in [6.45, 7) is 1.13. The SMILES string of the molecule is C[C@](Cc1cnc[nH]1)(C(=O)O)N(CP(=O)(O)O)CP(=O)(O)O. The molecule has 1 atom stereocenters. The Morgan fingerprint density at radius 2 is 1.77 bits per heavy atom. The normalized spacial score (nSPS) is 15.7. The summed E-state index contributed by atoms with van der Waals surface area (Å²) < 4.78 is 22.4. The molecule has 13 heteroatoms. The Kier molecular flexibility index (Phi) is 5.69. The second kappa shape index (κ2) is 6.59. The molecular formula is C9H17N3O8P2. The van der Waals surface area contributed by atoms with Gasteiger partial charge in [0, 0.05) is 18.3 Å². The summed E-state index contributed by atoms with van der Waals surface area (Å²) in [5, 5.41) is 9.41. The second-order valence-electron chi connectivity index (χ2n) is 4.98. The van der Waals surface area contributed by atoms with Crippen molar-refractivity contribution in [3.05, 3.63) is 18.2 Å². The van der Waals surface area contributed by atoms with Gasteiger partial charge in [0.2, 0.25) is 0 Å². The summed E-state index contributed by atoms with van der Waals surface area (Å²) in [5.41, 5.74) is -1.61. The van der Waals surface area contributed by atoms with Crippen LogP contribution in [0.25, 0.3) is 0 Å². The molecule has 0 bridgehead atoms. The molecule has 126 valence electrons. The third-order valence-electron chi connectivity index (χ3n) is 2.96. The van der Waals surface area contributed by atoms with Crippen LogP contribution in [0.3, 0.4) is 0 Å². The molecule has 1 heterocycles. The van der Waals surface area contributed by atoms with Gasteiger partial charge in [0.05, 0.1) is 6.33 Å². The highest BCUT2D eigenvalue weighted by molar-refractivity contribution is 7.52. The molecular weight excluding hydrogens is 340 g/mol. The van der Waals surface area contributed by atoms with Crippen molar-refractivity contribution in [2.75, 3.05) is 12.6 Å². The maximum Gasteiger partial charge on any atom is 0.339 e. The molecule has 0 radical (unpaired) electrons. The zero-order valence-corrected chi connectivity index (χ0v) is 13.3. The Bertz CT molecular complexity index is 584. The maximum atomic E-state index is 11.6. The maximum absolute atomic E-state index is 11.6. The Morgan fingerprint density at radius 3 is 2.09 bits per heavy atom. The zero-order valence-electron chi connectivity index (χ0n) is 11.5. The van der Waals surface area contributed by atoms with E-state index in [0.717, 1.165) is 6.92 Å². The number of aromatic nitrogens is 2. The van der Waals surface area contributed by atoms with Gasteiger partial charge >= 0.3 is 21.2 Å². The minimum Gasteiger partial charge on any atom is -0.480 e. The minimum atomic E-state index is -4.74. The third-order valence-corrected chi connectivity index (χ3v) is 4.38. The lowest BCUT2D eigenvalue weighted by molar-refractivity contribution is -0.149. The van der Waals surface area contributed by atoms with Gasteiger partial charge in [-0.15, -0.1) is 0 Å². The molecule has 0 saturated heterocycles. The van der Waals surface area contributed by atoms with E-state index in [0.29, 0.717) is 10.6 Å². The highest BCUT2D eigenvalue weighted by atomic mass is 31.2. The number of rotatable bonds is 8. The number of aromatic amines is 1. The molecule has 1 aromatic rings. The van der Waals surface area contributed by atoms with Crippen LogP contribution in [0.15, 0.2) is 12.5 Å². The number of aliphatic carboxylic acids is 1. The van der Waals surface area contributed by atoms with Crippen molar-refractivity contribution in [1.29, 1.82) is 0 Å². The number of hydrogen-bond donors (Lipinski definition) is 6. The molecule has 22 heavy (non-hydrogen) atoms. The fourth-order valence-corrected chi connectivity index (χ4v) is 3.75. The summed E-state index contributed by atoms with van der Waals surface area (Å²) in [4.78, 5) is 54.7. The quantitative estimate of drug-likeness (QED) is 0.327. The fourth-order valence-electron chi connectivity index (χ4n) is 1.88. The van der Waals surface area contributed by atoms with Crippen LogP contribution in [0, 0.1) is 0 Å². The van der Waals surface area contributed by atoms with Crippen LogP contribution in [0.4, 0.5) is 0 Å². The standard InChI is InChI=1S/C9H17N3O8P2/c1-9(8(13)14,2-7-3-10-4-11-7)12(5-21(15,16)17)6-22(18,19)20/h3-4H,2,5-6H2,1H3,(H,10,11)(H,13,14)(H2,15,16,17)(H2,18,19,20)/t9-/m0/s1. The van der Waals surface area contributed by atoms with Crippen molar-refractivity contribution in [2.24, 2.45) is 0 Å². The van der Waals surface area contributed by atoms with Crippen molar-refractivity contribution in [2.45, 2.75) is 18.9 Å². The van der Waals surface area contributed by atoms with Gasteiger partial charge in [-0.3, -0.25) is 18.8 Å². The summed E-state index contributed by atoms with van der Waals surface area (Å²) in [7, 11) is -9.48. The van der Waals surface area contributed by atoms with E-state index < -0.39 is 39.3 Å². The van der Waals surface area contributed by atoms with Crippen LogP contribution in [0.1, 0.15) is 12.6 Å². The minimum absolute atomic E-state index is 0.275. The third kappa shape index (κ3) is 5.62. The number of carbonyl (C=O) groups is 1. The van der Waals surface area contributed by atoms with E-state index in [4.69, 9.17) is 19.6 Å². The topological polar surface area (TPSA) is 184 Å². The lowest BCUT2D eigenvalue weighted by Gasteiger charge is -2.37. The van der Waals surface area contributed by atoms with Gasteiger partial charge in [-0.2, -0.15) is 0 Å². The van der Waals surface area contributed by atoms with Gasteiger partial charge in [0.15, 0.2) is 0 Å². The molecule has 0 aliphatic carbocycles. The van der Waals surface area contributed by atoms with E-state index in [9.17, 15) is 19.0 Å². The van der Waals surface area contributed by atoms with Crippen molar-refractivity contribution in [1.82, 2.24) is 14.9 Å². The first kappa shape index (κ1) is 19.0. The summed E-state index contributed by atoms with van der Waals surface area (Å²) in [5.74, 6) is -1.48. The van der Waals surface area contributed by atoms with E-state index in [2.05, 4.69) is 9.97 Å². The van der Waals surface area contributed by atoms with Crippen LogP contribution >= 0.6 is 15.2 Å². The monoisotopic (exact) mass is 357 g/mol.